The summed E-state index contributed by atoms with van der Waals surface area (Å²) >= 11 is 0. The Bertz CT molecular complexity index is 83.7. The van der Waals surface area contributed by atoms with Crippen molar-refractivity contribution in [1.29, 1.82) is 0 Å². The Morgan fingerprint density at radius 3 is 2.50 bits per heavy atom. The second kappa shape index (κ2) is 4.66. The third-order valence-corrected chi connectivity index (χ3v) is 1.65. The van der Waals surface area contributed by atoms with Crippen LogP contribution in [0.1, 0.15) is 26.7 Å². The Hall–Kier alpha value is -0.120. The van der Waals surface area contributed by atoms with Crippen LogP contribution in [0.5, 0.6) is 0 Å². The molecule has 0 radical (unpaired) electrons. The predicted molar refractivity (Wildman–Crippen MR) is 42.5 cm³/mol. The summed E-state index contributed by atoms with van der Waals surface area (Å²) in [6.07, 6.45) is 2.09. The zero-order valence-corrected chi connectivity index (χ0v) is 7.11. The van der Waals surface area contributed by atoms with Gasteiger partial charge in [0.1, 0.15) is 0 Å². The third kappa shape index (κ3) is 4.73. The number of methoxy groups -OCH3 is 1. The molecule has 3 nitrogen and oxygen atoms in total. The Morgan fingerprint density at radius 1 is 1.50 bits per heavy atom. The molecule has 0 aromatic carbocycles. The second-order valence-corrected chi connectivity index (χ2v) is 3.02. The Balaban J connectivity index is 3.28. The third-order valence-electron chi connectivity index (χ3n) is 1.65. The van der Waals surface area contributed by atoms with Crippen LogP contribution in [0, 0.1) is 0 Å². The molecule has 0 saturated heterocycles. The average molecular weight is 146 g/mol. The minimum absolute atomic E-state index is 0.00313. The van der Waals surface area contributed by atoms with Gasteiger partial charge in [0, 0.05) is 13.7 Å². The first kappa shape index (κ1) is 9.88. The quantitative estimate of drug-likeness (QED) is 0.340. The van der Waals surface area contributed by atoms with Gasteiger partial charge in [-0.15, -0.1) is 0 Å². The fourth-order valence-electron chi connectivity index (χ4n) is 0.718. The van der Waals surface area contributed by atoms with Crippen molar-refractivity contribution in [3.8, 4) is 0 Å². The highest BCUT2D eigenvalue weighted by Gasteiger charge is 2.14. The van der Waals surface area contributed by atoms with Crippen LogP contribution in [-0.4, -0.2) is 19.3 Å². The summed E-state index contributed by atoms with van der Waals surface area (Å²) in [4.78, 5) is 0. The molecular weight excluding hydrogens is 128 g/mol. The first-order chi connectivity index (χ1) is 4.62. The molecule has 0 bridgehead atoms. The molecular formula is C7H18N2O. The van der Waals surface area contributed by atoms with E-state index in [1.807, 2.05) is 0 Å². The van der Waals surface area contributed by atoms with Crippen LogP contribution in [0.2, 0.25) is 0 Å². The van der Waals surface area contributed by atoms with E-state index in [9.17, 15) is 0 Å². The Kier molecular flexibility index (Phi) is 4.60. The van der Waals surface area contributed by atoms with Gasteiger partial charge >= 0.3 is 0 Å². The standard InChI is InChI=1S/C7H18N2O/c1-7(2,10-3)5-4-6-9-8/h9H,4-6,8H2,1-3H3. The summed E-state index contributed by atoms with van der Waals surface area (Å²) in [5.41, 5.74) is 2.61. The lowest BCUT2D eigenvalue weighted by Gasteiger charge is -2.22. The van der Waals surface area contributed by atoms with Gasteiger partial charge in [-0.2, -0.15) is 0 Å². The zero-order chi connectivity index (χ0) is 8.04. The second-order valence-electron chi connectivity index (χ2n) is 3.02. The number of rotatable bonds is 5. The summed E-state index contributed by atoms with van der Waals surface area (Å²) in [5.74, 6) is 5.11. The lowest BCUT2D eigenvalue weighted by molar-refractivity contribution is 0.0140. The Labute approximate surface area is 62.9 Å². The molecule has 0 aliphatic carbocycles. The molecule has 0 aliphatic rings. The molecule has 0 heterocycles. The fraction of sp³-hybridized carbons (Fsp3) is 1.00. The fourth-order valence-corrected chi connectivity index (χ4v) is 0.718. The molecule has 0 aromatic rings. The van der Waals surface area contributed by atoms with E-state index in [0.29, 0.717) is 0 Å². The highest BCUT2D eigenvalue weighted by atomic mass is 16.5. The average Bonchev–Trinajstić information content (AvgIpc) is 1.89. The summed E-state index contributed by atoms with van der Waals surface area (Å²) in [5, 5.41) is 0. The first-order valence-corrected chi connectivity index (χ1v) is 3.61. The van der Waals surface area contributed by atoms with Crippen molar-refractivity contribution in [1.82, 2.24) is 5.43 Å². The molecule has 0 spiro atoms. The van der Waals surface area contributed by atoms with Crippen LogP contribution in [0.4, 0.5) is 0 Å². The van der Waals surface area contributed by atoms with E-state index in [2.05, 4.69) is 19.3 Å². The van der Waals surface area contributed by atoms with Gasteiger partial charge in [-0.1, -0.05) is 0 Å². The lowest BCUT2D eigenvalue weighted by atomic mass is 10.0. The summed E-state index contributed by atoms with van der Waals surface area (Å²) in [7, 11) is 1.73. The molecule has 0 saturated carbocycles. The minimum Gasteiger partial charge on any atom is -0.379 e. The molecule has 0 atom stereocenters. The predicted octanol–water partition coefficient (Wildman–Crippen LogP) is 0.655. The van der Waals surface area contributed by atoms with E-state index in [4.69, 9.17) is 10.6 Å². The van der Waals surface area contributed by atoms with Crippen molar-refractivity contribution >= 4 is 0 Å². The maximum Gasteiger partial charge on any atom is 0.0623 e. The van der Waals surface area contributed by atoms with Gasteiger partial charge in [-0.25, -0.2) is 0 Å². The van der Waals surface area contributed by atoms with E-state index in [0.717, 1.165) is 19.4 Å². The number of nitrogens with two attached hydrogens (primary N) is 1. The summed E-state index contributed by atoms with van der Waals surface area (Å²) < 4.78 is 5.22. The van der Waals surface area contributed by atoms with Crippen LogP contribution < -0.4 is 11.3 Å². The van der Waals surface area contributed by atoms with E-state index in [1.54, 1.807) is 7.11 Å². The van der Waals surface area contributed by atoms with E-state index in [1.165, 1.54) is 0 Å². The Morgan fingerprint density at radius 2 is 2.10 bits per heavy atom. The number of ether oxygens (including phenoxy) is 1. The maximum absolute atomic E-state index is 5.22. The van der Waals surface area contributed by atoms with Gasteiger partial charge < -0.3 is 4.74 Å². The highest BCUT2D eigenvalue weighted by Crippen LogP contribution is 2.14. The smallest absolute Gasteiger partial charge is 0.0623 e. The number of hydrazine groups is 1. The summed E-state index contributed by atoms with van der Waals surface area (Å²) in [6, 6.07) is 0. The highest BCUT2D eigenvalue weighted by molar-refractivity contribution is 4.67. The minimum atomic E-state index is -0.00313. The van der Waals surface area contributed by atoms with Gasteiger partial charge in [0.25, 0.3) is 0 Å². The van der Waals surface area contributed by atoms with Crippen molar-refractivity contribution in [3.63, 3.8) is 0 Å². The lowest BCUT2D eigenvalue weighted by Crippen LogP contribution is -2.27. The van der Waals surface area contributed by atoms with Crippen LogP contribution in [0.15, 0.2) is 0 Å². The molecule has 0 fully saturated rings. The van der Waals surface area contributed by atoms with E-state index in [-0.39, 0.29) is 5.60 Å². The van der Waals surface area contributed by atoms with Crippen molar-refractivity contribution in [2.24, 2.45) is 5.84 Å². The molecule has 0 amide bonds. The largest absolute Gasteiger partial charge is 0.379 e. The molecule has 3 N–H and O–H groups in total. The normalized spacial score (nSPS) is 12.0. The molecule has 0 aromatic heterocycles. The van der Waals surface area contributed by atoms with Gasteiger partial charge in [0.05, 0.1) is 5.60 Å². The van der Waals surface area contributed by atoms with Crippen molar-refractivity contribution in [2.45, 2.75) is 32.3 Å². The zero-order valence-electron chi connectivity index (χ0n) is 7.11. The SMILES string of the molecule is COC(C)(C)CCCNN. The van der Waals surface area contributed by atoms with Crippen LogP contribution >= 0.6 is 0 Å². The van der Waals surface area contributed by atoms with Crippen LogP contribution in [0.25, 0.3) is 0 Å². The van der Waals surface area contributed by atoms with E-state index >= 15 is 0 Å². The molecule has 3 heteroatoms. The molecule has 0 aliphatic heterocycles. The van der Waals surface area contributed by atoms with Crippen molar-refractivity contribution in [3.05, 3.63) is 0 Å². The molecule has 10 heavy (non-hydrogen) atoms. The molecule has 0 rings (SSSR count). The number of hydrogen-bond donors (Lipinski definition) is 2. The van der Waals surface area contributed by atoms with Gasteiger partial charge in [-0.05, 0) is 26.7 Å². The first-order valence-electron chi connectivity index (χ1n) is 3.61. The molecule has 62 valence electrons. The monoisotopic (exact) mass is 146 g/mol. The van der Waals surface area contributed by atoms with Crippen LogP contribution in [-0.2, 0) is 4.74 Å². The summed E-state index contributed by atoms with van der Waals surface area (Å²) in [6.45, 7) is 5.00. The van der Waals surface area contributed by atoms with Crippen molar-refractivity contribution < 1.29 is 4.74 Å². The van der Waals surface area contributed by atoms with Crippen molar-refractivity contribution in [2.75, 3.05) is 13.7 Å². The number of hydrogen-bond acceptors (Lipinski definition) is 3. The molecule has 0 unspecified atom stereocenters. The van der Waals surface area contributed by atoms with Gasteiger partial charge in [0.2, 0.25) is 0 Å². The van der Waals surface area contributed by atoms with Gasteiger partial charge in [-0.3, -0.25) is 11.3 Å². The van der Waals surface area contributed by atoms with Crippen LogP contribution in [0.3, 0.4) is 0 Å². The van der Waals surface area contributed by atoms with E-state index < -0.39 is 0 Å². The maximum atomic E-state index is 5.22. The topological polar surface area (TPSA) is 47.3 Å². The number of nitrogens with one attached hydrogen (secondary N) is 1. The van der Waals surface area contributed by atoms with Gasteiger partial charge in [0.15, 0.2) is 0 Å².